The zero-order chi connectivity index (χ0) is 19.6. The minimum atomic E-state index is -0.885. The lowest BCUT2D eigenvalue weighted by Crippen LogP contribution is -2.02. The zero-order valence-corrected chi connectivity index (χ0v) is 16.4. The van der Waals surface area contributed by atoms with Gasteiger partial charge in [0.1, 0.15) is 0 Å². The molecule has 1 aromatic rings. The number of nitrogens with zero attached hydrogens (tertiary/aromatic N) is 3. The molecule has 2 N–H and O–H groups in total. The highest BCUT2D eigenvalue weighted by atomic mass is 16.4. The van der Waals surface area contributed by atoms with E-state index in [0.717, 1.165) is 25.1 Å². The Labute approximate surface area is 163 Å². The van der Waals surface area contributed by atoms with Crippen molar-refractivity contribution in [1.29, 1.82) is 0 Å². The number of carboxylic acid groups (broad SMARTS) is 1. The Morgan fingerprint density at radius 1 is 0.852 bits per heavy atom. The van der Waals surface area contributed by atoms with E-state index in [4.69, 9.17) is 10.6 Å². The van der Waals surface area contributed by atoms with Gasteiger partial charge in [0.05, 0.1) is 5.56 Å². The van der Waals surface area contributed by atoms with E-state index in [9.17, 15) is 4.79 Å². The summed E-state index contributed by atoms with van der Waals surface area (Å²) in [7, 11) is 0. The first-order chi connectivity index (χ1) is 13.2. The maximum absolute atomic E-state index is 10.8. The lowest BCUT2D eigenvalue weighted by atomic mass is 10.1. The molecule has 1 aromatic carbocycles. The molecule has 6 nitrogen and oxygen atoms in total. The number of nitrogens with one attached hydrogen (secondary N) is 1. The molecule has 6 heteroatoms. The van der Waals surface area contributed by atoms with E-state index in [2.05, 4.69) is 15.3 Å². The number of carbonyl (C=O) groups is 1. The van der Waals surface area contributed by atoms with E-state index in [-0.39, 0.29) is 0 Å². The van der Waals surface area contributed by atoms with Gasteiger partial charge in [0.15, 0.2) is 0 Å². The smallest absolute Gasteiger partial charge is 0.335 e. The number of azide groups is 1. The van der Waals surface area contributed by atoms with Crippen molar-refractivity contribution in [2.24, 2.45) is 5.11 Å². The summed E-state index contributed by atoms with van der Waals surface area (Å²) < 4.78 is 0. The van der Waals surface area contributed by atoms with Crippen molar-refractivity contribution in [3.63, 3.8) is 0 Å². The van der Waals surface area contributed by atoms with Gasteiger partial charge in [0, 0.05) is 23.7 Å². The first-order valence-electron chi connectivity index (χ1n) is 10.3. The van der Waals surface area contributed by atoms with Crippen LogP contribution < -0.4 is 5.32 Å². The first kappa shape index (κ1) is 22.8. The molecule has 0 aliphatic carbocycles. The van der Waals surface area contributed by atoms with Crippen molar-refractivity contribution in [2.75, 3.05) is 18.4 Å². The van der Waals surface area contributed by atoms with Gasteiger partial charge in [-0.05, 0) is 42.6 Å². The van der Waals surface area contributed by atoms with Crippen LogP contribution in [0.2, 0.25) is 0 Å². The molecule has 0 radical (unpaired) electrons. The van der Waals surface area contributed by atoms with Crippen molar-refractivity contribution in [3.8, 4) is 0 Å². The fraction of sp³-hybridized carbons (Fsp3) is 0.667. The Bertz CT molecular complexity index is 554. The second-order valence-electron chi connectivity index (χ2n) is 7.01. The van der Waals surface area contributed by atoms with Gasteiger partial charge in [0.25, 0.3) is 0 Å². The van der Waals surface area contributed by atoms with Crippen LogP contribution in [0.1, 0.15) is 87.4 Å². The zero-order valence-electron chi connectivity index (χ0n) is 16.4. The standard InChI is InChI=1S/C21H34N4O2/c22-25-24-18-12-10-8-6-4-2-1-3-5-7-9-11-17-23-20-15-13-19(14-16-20)21(26)27/h13-16,23H,1-12,17-18H2,(H,26,27). The Hall–Kier alpha value is -2.20. The highest BCUT2D eigenvalue weighted by molar-refractivity contribution is 5.87. The lowest BCUT2D eigenvalue weighted by Gasteiger charge is -2.07. The van der Waals surface area contributed by atoms with Crippen LogP contribution >= 0.6 is 0 Å². The number of anilines is 1. The highest BCUT2D eigenvalue weighted by Gasteiger charge is 2.01. The van der Waals surface area contributed by atoms with E-state index in [0.29, 0.717) is 12.1 Å². The van der Waals surface area contributed by atoms with Crippen molar-refractivity contribution in [1.82, 2.24) is 0 Å². The minimum absolute atomic E-state index is 0.325. The summed E-state index contributed by atoms with van der Waals surface area (Å²) in [6.45, 7) is 1.58. The quantitative estimate of drug-likeness (QED) is 0.136. The lowest BCUT2D eigenvalue weighted by molar-refractivity contribution is 0.0697. The molecule has 0 aliphatic heterocycles. The maximum atomic E-state index is 10.8. The van der Waals surface area contributed by atoms with Gasteiger partial charge in [-0.15, -0.1) is 0 Å². The minimum Gasteiger partial charge on any atom is -0.478 e. The van der Waals surface area contributed by atoms with Crippen LogP contribution in [0, 0.1) is 0 Å². The maximum Gasteiger partial charge on any atom is 0.335 e. The van der Waals surface area contributed by atoms with Gasteiger partial charge in [-0.1, -0.05) is 69.3 Å². The fourth-order valence-electron chi connectivity index (χ4n) is 3.08. The van der Waals surface area contributed by atoms with Gasteiger partial charge in [-0.2, -0.15) is 0 Å². The highest BCUT2D eigenvalue weighted by Crippen LogP contribution is 2.13. The third-order valence-electron chi connectivity index (χ3n) is 4.71. The fourth-order valence-corrected chi connectivity index (χ4v) is 3.08. The molecule has 0 aromatic heterocycles. The third kappa shape index (κ3) is 12.7. The Kier molecular flexibility index (Phi) is 13.5. The summed E-state index contributed by atoms with van der Waals surface area (Å²) in [6.07, 6.45) is 15.1. The van der Waals surface area contributed by atoms with Crippen LogP contribution in [0.15, 0.2) is 29.4 Å². The van der Waals surface area contributed by atoms with Gasteiger partial charge in [-0.25, -0.2) is 4.79 Å². The predicted octanol–water partition coefficient (Wildman–Crippen LogP) is 6.79. The van der Waals surface area contributed by atoms with E-state index in [1.807, 2.05) is 12.1 Å². The summed E-state index contributed by atoms with van der Waals surface area (Å²) in [5.74, 6) is -0.885. The van der Waals surface area contributed by atoms with Gasteiger partial charge in [-0.3, -0.25) is 0 Å². The average Bonchev–Trinajstić information content (AvgIpc) is 2.68. The molecule has 0 unspecified atom stereocenters. The number of hydrogen-bond acceptors (Lipinski definition) is 3. The summed E-state index contributed by atoms with van der Waals surface area (Å²) in [6, 6.07) is 6.91. The van der Waals surface area contributed by atoms with E-state index < -0.39 is 5.97 Å². The predicted molar refractivity (Wildman–Crippen MR) is 111 cm³/mol. The number of rotatable bonds is 17. The second-order valence-corrected chi connectivity index (χ2v) is 7.01. The van der Waals surface area contributed by atoms with Gasteiger partial charge < -0.3 is 10.4 Å². The molecular formula is C21H34N4O2. The third-order valence-corrected chi connectivity index (χ3v) is 4.71. The summed E-state index contributed by atoms with van der Waals surface area (Å²) >= 11 is 0. The Morgan fingerprint density at radius 2 is 1.33 bits per heavy atom. The molecule has 0 fully saturated rings. The van der Waals surface area contributed by atoms with Crippen molar-refractivity contribution >= 4 is 11.7 Å². The summed E-state index contributed by atoms with van der Waals surface area (Å²) in [5, 5.41) is 15.8. The largest absolute Gasteiger partial charge is 0.478 e. The van der Waals surface area contributed by atoms with Crippen LogP contribution in [0.25, 0.3) is 10.4 Å². The number of unbranched alkanes of at least 4 members (excludes halogenated alkanes) is 11. The van der Waals surface area contributed by atoms with Crippen LogP contribution in [0.3, 0.4) is 0 Å². The van der Waals surface area contributed by atoms with Crippen LogP contribution in [-0.4, -0.2) is 24.2 Å². The van der Waals surface area contributed by atoms with Crippen molar-refractivity contribution in [2.45, 2.75) is 77.0 Å². The van der Waals surface area contributed by atoms with Gasteiger partial charge >= 0.3 is 5.97 Å². The molecule has 0 amide bonds. The molecule has 27 heavy (non-hydrogen) atoms. The number of hydrogen-bond donors (Lipinski definition) is 2. The van der Waals surface area contributed by atoms with Crippen molar-refractivity contribution in [3.05, 3.63) is 40.3 Å². The summed E-state index contributed by atoms with van der Waals surface area (Å²) in [4.78, 5) is 13.6. The normalized spacial score (nSPS) is 10.4. The molecule has 0 heterocycles. The molecule has 0 aliphatic rings. The second kappa shape index (κ2) is 16.0. The van der Waals surface area contributed by atoms with Crippen molar-refractivity contribution < 1.29 is 9.90 Å². The molecule has 0 spiro atoms. The molecule has 0 bridgehead atoms. The first-order valence-corrected chi connectivity index (χ1v) is 10.3. The molecule has 0 atom stereocenters. The molecule has 1 rings (SSSR count). The molecule has 0 saturated carbocycles. The number of aromatic carboxylic acids is 1. The van der Waals surface area contributed by atoms with E-state index in [1.54, 1.807) is 12.1 Å². The van der Waals surface area contributed by atoms with Gasteiger partial charge in [0.2, 0.25) is 0 Å². The topological polar surface area (TPSA) is 98.1 Å². The summed E-state index contributed by atoms with van der Waals surface area (Å²) in [5.41, 5.74) is 9.49. The van der Waals surface area contributed by atoms with Crippen LogP contribution in [-0.2, 0) is 0 Å². The monoisotopic (exact) mass is 374 g/mol. The Balaban J connectivity index is 1.82. The van der Waals surface area contributed by atoms with E-state index in [1.165, 1.54) is 64.2 Å². The molecule has 0 saturated heterocycles. The average molecular weight is 375 g/mol. The number of benzene rings is 1. The van der Waals surface area contributed by atoms with Crippen LogP contribution in [0.5, 0.6) is 0 Å². The number of carboxylic acids is 1. The van der Waals surface area contributed by atoms with Crippen LogP contribution in [0.4, 0.5) is 5.69 Å². The molecular weight excluding hydrogens is 340 g/mol. The Morgan fingerprint density at radius 3 is 1.81 bits per heavy atom. The molecule has 150 valence electrons. The van der Waals surface area contributed by atoms with E-state index >= 15 is 0 Å². The SMILES string of the molecule is [N-]=[N+]=NCCCCCCCCCCCCCCNc1ccc(C(=O)O)cc1.